The van der Waals surface area contributed by atoms with Crippen molar-refractivity contribution in [3.63, 3.8) is 0 Å². The largest absolute Gasteiger partial charge is 0.493 e. The van der Waals surface area contributed by atoms with E-state index in [1.165, 1.54) is 6.21 Å². The van der Waals surface area contributed by atoms with Gasteiger partial charge >= 0.3 is 0 Å². The van der Waals surface area contributed by atoms with Gasteiger partial charge in [0.1, 0.15) is 6.61 Å². The van der Waals surface area contributed by atoms with Crippen LogP contribution in [0.2, 0.25) is 0 Å². The summed E-state index contributed by atoms with van der Waals surface area (Å²) in [5.74, 6) is 1.91. The maximum atomic E-state index is 12.4. The molecule has 3 aromatic carbocycles. The molecule has 0 radical (unpaired) electrons. The zero-order valence-corrected chi connectivity index (χ0v) is 18.3. The van der Waals surface area contributed by atoms with Crippen LogP contribution in [0.4, 0.5) is 0 Å². The summed E-state index contributed by atoms with van der Waals surface area (Å²) in [6.45, 7) is 2.77. The normalized spacial score (nSPS) is 10.6. The van der Waals surface area contributed by atoms with Gasteiger partial charge in [0.05, 0.1) is 27.0 Å². The fourth-order valence-electron chi connectivity index (χ4n) is 2.94. The first-order chi connectivity index (χ1) is 15.6. The second kappa shape index (κ2) is 11.4. The van der Waals surface area contributed by atoms with Crippen LogP contribution >= 0.6 is 0 Å². The molecule has 0 aliphatic carbocycles. The van der Waals surface area contributed by atoms with Crippen LogP contribution < -0.4 is 24.4 Å². The molecular formula is C25H26N2O5. The summed E-state index contributed by atoms with van der Waals surface area (Å²) >= 11 is 0. The Bertz CT molecular complexity index is 1070. The Balaban J connectivity index is 1.63. The van der Waals surface area contributed by atoms with Gasteiger partial charge in [-0.2, -0.15) is 5.10 Å². The minimum atomic E-state index is -0.361. The Morgan fingerprint density at radius 2 is 1.62 bits per heavy atom. The average Bonchev–Trinajstić information content (AvgIpc) is 2.83. The molecule has 7 heteroatoms. The van der Waals surface area contributed by atoms with E-state index in [4.69, 9.17) is 18.9 Å². The third-order valence-electron chi connectivity index (χ3n) is 4.53. The van der Waals surface area contributed by atoms with Crippen LogP contribution in [-0.4, -0.2) is 32.9 Å². The van der Waals surface area contributed by atoms with Crippen molar-refractivity contribution in [3.8, 4) is 23.0 Å². The van der Waals surface area contributed by atoms with Gasteiger partial charge < -0.3 is 18.9 Å². The van der Waals surface area contributed by atoms with Gasteiger partial charge in [0, 0.05) is 5.56 Å². The molecule has 0 atom stereocenters. The van der Waals surface area contributed by atoms with Gasteiger partial charge in [-0.1, -0.05) is 30.3 Å². The first-order valence-electron chi connectivity index (χ1n) is 10.1. The number of ether oxygens (including phenoxy) is 4. The van der Waals surface area contributed by atoms with Gasteiger partial charge in [-0.15, -0.1) is 0 Å². The highest BCUT2D eigenvalue weighted by Gasteiger charge is 2.11. The second-order valence-electron chi connectivity index (χ2n) is 6.68. The monoisotopic (exact) mass is 434 g/mol. The van der Waals surface area contributed by atoms with Crippen molar-refractivity contribution in [3.05, 3.63) is 83.4 Å². The Kier molecular flexibility index (Phi) is 8.09. The number of rotatable bonds is 10. The molecule has 166 valence electrons. The molecule has 3 aromatic rings. The number of methoxy groups -OCH3 is 2. The highest BCUT2D eigenvalue weighted by atomic mass is 16.5. The smallest absolute Gasteiger partial charge is 0.271 e. The lowest BCUT2D eigenvalue weighted by molar-refractivity contribution is 0.0954. The van der Waals surface area contributed by atoms with Crippen LogP contribution in [-0.2, 0) is 6.61 Å². The second-order valence-corrected chi connectivity index (χ2v) is 6.68. The third kappa shape index (κ3) is 6.01. The fourth-order valence-corrected chi connectivity index (χ4v) is 2.94. The number of hydrogen-bond donors (Lipinski definition) is 1. The van der Waals surface area contributed by atoms with E-state index in [0.29, 0.717) is 41.8 Å². The van der Waals surface area contributed by atoms with E-state index in [0.717, 1.165) is 11.1 Å². The number of nitrogens with one attached hydrogen (secondary N) is 1. The van der Waals surface area contributed by atoms with Gasteiger partial charge in [0.25, 0.3) is 5.91 Å². The van der Waals surface area contributed by atoms with Crippen molar-refractivity contribution >= 4 is 12.1 Å². The molecule has 0 saturated heterocycles. The molecule has 3 rings (SSSR count). The highest BCUT2D eigenvalue weighted by Crippen LogP contribution is 2.29. The van der Waals surface area contributed by atoms with Crippen LogP contribution in [0.15, 0.2) is 71.8 Å². The predicted molar refractivity (Wildman–Crippen MR) is 123 cm³/mol. The molecule has 0 saturated carbocycles. The standard InChI is InChI=1S/C25H26N2O5/c1-4-31-24-15-20(11-13-21(24)29-2)25(28)27-26-16-19-10-12-22(23(14-19)30-3)32-17-18-8-6-5-7-9-18/h5-16H,4,17H2,1-3H3,(H,27,28)/b26-16+. The summed E-state index contributed by atoms with van der Waals surface area (Å²) in [4.78, 5) is 12.4. The molecule has 1 N–H and O–H groups in total. The lowest BCUT2D eigenvalue weighted by Gasteiger charge is -2.11. The zero-order chi connectivity index (χ0) is 22.8. The van der Waals surface area contributed by atoms with E-state index < -0.39 is 0 Å². The highest BCUT2D eigenvalue weighted by molar-refractivity contribution is 5.95. The van der Waals surface area contributed by atoms with E-state index in [-0.39, 0.29) is 5.91 Å². The van der Waals surface area contributed by atoms with E-state index >= 15 is 0 Å². The Morgan fingerprint density at radius 3 is 2.34 bits per heavy atom. The zero-order valence-electron chi connectivity index (χ0n) is 18.3. The molecule has 0 bridgehead atoms. The van der Waals surface area contributed by atoms with Crippen molar-refractivity contribution in [2.24, 2.45) is 5.10 Å². The van der Waals surface area contributed by atoms with E-state index in [1.54, 1.807) is 38.5 Å². The number of hydrogen-bond acceptors (Lipinski definition) is 6. The molecule has 0 heterocycles. The van der Waals surface area contributed by atoms with Crippen LogP contribution in [0, 0.1) is 0 Å². The first kappa shape index (κ1) is 22.7. The number of carbonyl (C=O) groups excluding carboxylic acids is 1. The van der Waals surface area contributed by atoms with Gasteiger partial charge in [0.2, 0.25) is 0 Å². The van der Waals surface area contributed by atoms with Crippen molar-refractivity contribution in [2.45, 2.75) is 13.5 Å². The minimum Gasteiger partial charge on any atom is -0.493 e. The summed E-state index contributed by atoms with van der Waals surface area (Å²) < 4.78 is 22.0. The number of carbonyl (C=O) groups is 1. The maximum absolute atomic E-state index is 12.4. The number of nitrogens with zero attached hydrogens (tertiary/aromatic N) is 1. The van der Waals surface area contributed by atoms with Crippen molar-refractivity contribution in [1.82, 2.24) is 5.43 Å². The lowest BCUT2D eigenvalue weighted by atomic mass is 10.2. The SMILES string of the molecule is CCOc1cc(C(=O)N/N=C/c2ccc(OCc3ccccc3)c(OC)c2)ccc1OC. The summed E-state index contributed by atoms with van der Waals surface area (Å²) in [6, 6.07) is 20.3. The van der Waals surface area contributed by atoms with Gasteiger partial charge in [-0.3, -0.25) is 4.79 Å². The van der Waals surface area contributed by atoms with Crippen LogP contribution in [0.5, 0.6) is 23.0 Å². The molecule has 0 spiro atoms. The lowest BCUT2D eigenvalue weighted by Crippen LogP contribution is -2.17. The maximum Gasteiger partial charge on any atom is 0.271 e. The third-order valence-corrected chi connectivity index (χ3v) is 4.53. The van der Waals surface area contributed by atoms with E-state index in [1.807, 2.05) is 49.4 Å². The Hall–Kier alpha value is -4.00. The Morgan fingerprint density at radius 1 is 0.875 bits per heavy atom. The molecule has 32 heavy (non-hydrogen) atoms. The molecule has 0 unspecified atom stereocenters. The fraction of sp³-hybridized carbons (Fsp3) is 0.200. The van der Waals surface area contributed by atoms with Gasteiger partial charge in [0.15, 0.2) is 23.0 Å². The van der Waals surface area contributed by atoms with Crippen molar-refractivity contribution < 1.29 is 23.7 Å². The first-order valence-corrected chi connectivity index (χ1v) is 10.1. The number of benzene rings is 3. The molecular weight excluding hydrogens is 408 g/mol. The molecule has 0 aromatic heterocycles. The predicted octanol–water partition coefficient (Wildman–Crippen LogP) is 4.45. The van der Waals surface area contributed by atoms with E-state index in [2.05, 4.69) is 10.5 Å². The number of hydrazone groups is 1. The van der Waals surface area contributed by atoms with Crippen molar-refractivity contribution in [2.75, 3.05) is 20.8 Å². The van der Waals surface area contributed by atoms with Crippen LogP contribution in [0.1, 0.15) is 28.4 Å². The molecule has 0 fully saturated rings. The van der Waals surface area contributed by atoms with E-state index in [9.17, 15) is 4.79 Å². The summed E-state index contributed by atoms with van der Waals surface area (Å²) in [6.07, 6.45) is 1.54. The summed E-state index contributed by atoms with van der Waals surface area (Å²) in [5.41, 5.74) is 4.74. The quantitative estimate of drug-likeness (QED) is 0.377. The molecule has 0 aliphatic rings. The average molecular weight is 434 g/mol. The van der Waals surface area contributed by atoms with Crippen LogP contribution in [0.25, 0.3) is 0 Å². The topological polar surface area (TPSA) is 78.4 Å². The van der Waals surface area contributed by atoms with Gasteiger partial charge in [-0.25, -0.2) is 5.43 Å². The Labute approximate surface area is 187 Å². The summed E-state index contributed by atoms with van der Waals surface area (Å²) in [5, 5.41) is 4.04. The minimum absolute atomic E-state index is 0.361. The van der Waals surface area contributed by atoms with Crippen molar-refractivity contribution in [1.29, 1.82) is 0 Å². The number of amides is 1. The molecule has 7 nitrogen and oxygen atoms in total. The molecule has 0 aliphatic heterocycles. The molecule has 1 amide bonds. The summed E-state index contributed by atoms with van der Waals surface area (Å²) in [7, 11) is 3.13. The van der Waals surface area contributed by atoms with Gasteiger partial charge in [-0.05, 0) is 54.4 Å². The van der Waals surface area contributed by atoms with Crippen LogP contribution in [0.3, 0.4) is 0 Å².